The minimum Gasteiger partial charge on any atom is -0.370 e. The number of primary amides is 1. The molecule has 1 unspecified atom stereocenters. The SMILES string of the molecule is CC(CC(N)=O)NS(=O)(=O)c1cccnc1C#N. The van der Waals surface area contributed by atoms with Gasteiger partial charge in [-0.2, -0.15) is 5.26 Å². The lowest BCUT2D eigenvalue weighted by atomic mass is 10.2. The monoisotopic (exact) mass is 268 g/mol. The van der Waals surface area contributed by atoms with Gasteiger partial charge in [-0.25, -0.2) is 18.1 Å². The average Bonchev–Trinajstić information content (AvgIpc) is 2.27. The number of aromatic nitrogens is 1. The van der Waals surface area contributed by atoms with Gasteiger partial charge in [-0.3, -0.25) is 4.79 Å². The Labute approximate surface area is 105 Å². The lowest BCUT2D eigenvalue weighted by Gasteiger charge is -2.12. The van der Waals surface area contributed by atoms with Crippen molar-refractivity contribution < 1.29 is 13.2 Å². The van der Waals surface area contributed by atoms with Crippen LogP contribution in [0.15, 0.2) is 23.2 Å². The van der Waals surface area contributed by atoms with Gasteiger partial charge in [0.2, 0.25) is 15.9 Å². The third-order valence-electron chi connectivity index (χ3n) is 2.03. The Morgan fingerprint density at radius 1 is 1.67 bits per heavy atom. The van der Waals surface area contributed by atoms with Crippen LogP contribution in [0, 0.1) is 11.3 Å². The first kappa shape index (κ1) is 14.1. The van der Waals surface area contributed by atoms with Gasteiger partial charge in [-0.05, 0) is 19.1 Å². The summed E-state index contributed by atoms with van der Waals surface area (Å²) >= 11 is 0. The Morgan fingerprint density at radius 2 is 2.33 bits per heavy atom. The minimum atomic E-state index is -3.89. The molecule has 0 saturated carbocycles. The number of hydrogen-bond acceptors (Lipinski definition) is 5. The quantitative estimate of drug-likeness (QED) is 0.744. The molecule has 0 bridgehead atoms. The van der Waals surface area contributed by atoms with Crippen LogP contribution < -0.4 is 10.5 Å². The number of carbonyl (C=O) groups is 1. The van der Waals surface area contributed by atoms with E-state index in [0.717, 1.165) is 0 Å². The molecule has 0 saturated heterocycles. The second-order valence-corrected chi connectivity index (χ2v) is 5.34. The number of nitrogens with zero attached hydrogens (tertiary/aromatic N) is 2. The van der Waals surface area contributed by atoms with Crippen LogP contribution in [0.4, 0.5) is 0 Å². The van der Waals surface area contributed by atoms with Gasteiger partial charge in [0.1, 0.15) is 11.0 Å². The van der Waals surface area contributed by atoms with Gasteiger partial charge in [0, 0.05) is 18.7 Å². The Hall–Kier alpha value is -1.98. The zero-order valence-electron chi connectivity index (χ0n) is 9.62. The maximum atomic E-state index is 11.9. The molecule has 0 radical (unpaired) electrons. The van der Waals surface area contributed by atoms with Crippen molar-refractivity contribution in [1.29, 1.82) is 5.26 Å². The minimum absolute atomic E-state index is 0.124. The summed E-state index contributed by atoms with van der Waals surface area (Å²) in [5, 5.41) is 8.78. The van der Waals surface area contributed by atoms with E-state index in [1.807, 2.05) is 0 Å². The van der Waals surface area contributed by atoms with E-state index in [9.17, 15) is 13.2 Å². The summed E-state index contributed by atoms with van der Waals surface area (Å²) in [5.41, 5.74) is 4.77. The molecule has 7 nitrogen and oxygen atoms in total. The average molecular weight is 268 g/mol. The predicted molar refractivity (Wildman–Crippen MR) is 62.5 cm³/mol. The van der Waals surface area contributed by atoms with Gasteiger partial charge in [0.15, 0.2) is 5.69 Å². The summed E-state index contributed by atoms with van der Waals surface area (Å²) in [6.45, 7) is 1.50. The van der Waals surface area contributed by atoms with Crippen molar-refractivity contribution in [3.05, 3.63) is 24.0 Å². The zero-order valence-corrected chi connectivity index (χ0v) is 10.4. The molecule has 18 heavy (non-hydrogen) atoms. The van der Waals surface area contributed by atoms with Gasteiger partial charge in [-0.15, -0.1) is 0 Å². The summed E-state index contributed by atoms with van der Waals surface area (Å²) in [6, 6.07) is 3.72. The molecule has 1 amide bonds. The number of nitriles is 1. The number of pyridine rings is 1. The number of nitrogens with two attached hydrogens (primary N) is 1. The number of sulfonamides is 1. The van der Waals surface area contributed by atoms with Crippen molar-refractivity contribution in [3.8, 4) is 6.07 Å². The molecule has 1 heterocycles. The molecule has 1 rings (SSSR count). The number of nitrogens with one attached hydrogen (secondary N) is 1. The summed E-state index contributed by atoms with van der Waals surface area (Å²) in [4.78, 5) is 14.1. The van der Waals surface area contributed by atoms with Crippen molar-refractivity contribution in [2.75, 3.05) is 0 Å². The molecule has 0 spiro atoms. The number of amides is 1. The van der Waals surface area contributed by atoms with Crippen molar-refractivity contribution in [3.63, 3.8) is 0 Å². The Balaban J connectivity index is 3.01. The molecule has 3 N–H and O–H groups in total. The molecule has 1 aromatic heterocycles. The summed E-state index contributed by atoms with van der Waals surface area (Å²) in [6.07, 6.45) is 1.20. The molecule has 1 aromatic rings. The Bertz CT molecular complexity index is 591. The molecular formula is C10H12N4O3S. The van der Waals surface area contributed by atoms with Crippen LogP contribution in [-0.2, 0) is 14.8 Å². The fraction of sp³-hybridized carbons (Fsp3) is 0.300. The first-order chi connectivity index (χ1) is 8.36. The molecule has 0 fully saturated rings. The zero-order chi connectivity index (χ0) is 13.8. The first-order valence-electron chi connectivity index (χ1n) is 5.02. The molecule has 0 aliphatic carbocycles. The number of hydrogen-bond donors (Lipinski definition) is 2. The summed E-state index contributed by atoms with van der Waals surface area (Å²) in [7, 11) is -3.89. The molecule has 8 heteroatoms. The van der Waals surface area contributed by atoms with E-state index in [4.69, 9.17) is 11.0 Å². The van der Waals surface area contributed by atoms with Gasteiger partial charge in [0.05, 0.1) is 0 Å². The number of carbonyl (C=O) groups excluding carboxylic acids is 1. The fourth-order valence-corrected chi connectivity index (χ4v) is 2.71. The topological polar surface area (TPSA) is 126 Å². The Morgan fingerprint density at radius 3 is 2.89 bits per heavy atom. The van der Waals surface area contributed by atoms with E-state index in [2.05, 4.69) is 9.71 Å². The number of rotatable bonds is 5. The van der Waals surface area contributed by atoms with Crippen molar-refractivity contribution in [2.24, 2.45) is 5.73 Å². The highest BCUT2D eigenvalue weighted by atomic mass is 32.2. The highest BCUT2D eigenvalue weighted by Crippen LogP contribution is 2.12. The van der Waals surface area contributed by atoms with E-state index in [1.165, 1.54) is 25.3 Å². The summed E-state index contributed by atoms with van der Waals surface area (Å²) < 4.78 is 26.2. The lowest BCUT2D eigenvalue weighted by Crippen LogP contribution is -2.36. The van der Waals surface area contributed by atoms with Gasteiger partial charge in [-0.1, -0.05) is 0 Å². The van der Waals surface area contributed by atoms with Crippen LogP contribution in [0.25, 0.3) is 0 Å². The third kappa shape index (κ3) is 3.51. The first-order valence-corrected chi connectivity index (χ1v) is 6.51. The summed E-state index contributed by atoms with van der Waals surface area (Å²) in [5.74, 6) is -0.614. The van der Waals surface area contributed by atoms with Crippen LogP contribution in [0.2, 0.25) is 0 Å². The van der Waals surface area contributed by atoms with Crippen LogP contribution in [0.3, 0.4) is 0 Å². The maximum absolute atomic E-state index is 11.9. The van der Waals surface area contributed by atoms with E-state index < -0.39 is 22.0 Å². The van der Waals surface area contributed by atoms with Crippen LogP contribution in [0.5, 0.6) is 0 Å². The van der Waals surface area contributed by atoms with Gasteiger partial charge >= 0.3 is 0 Å². The fourth-order valence-electron chi connectivity index (χ4n) is 1.36. The van der Waals surface area contributed by atoms with E-state index >= 15 is 0 Å². The molecule has 1 atom stereocenters. The molecule has 0 aliphatic heterocycles. The highest BCUT2D eigenvalue weighted by Gasteiger charge is 2.22. The van der Waals surface area contributed by atoms with Crippen molar-refractivity contribution in [2.45, 2.75) is 24.3 Å². The molecular weight excluding hydrogens is 256 g/mol. The standard InChI is InChI=1S/C10H12N4O3S/c1-7(5-10(12)15)14-18(16,17)9-3-2-4-13-8(9)6-11/h2-4,7,14H,5H2,1H3,(H2,12,15). The van der Waals surface area contributed by atoms with E-state index in [0.29, 0.717) is 0 Å². The van der Waals surface area contributed by atoms with Crippen molar-refractivity contribution >= 4 is 15.9 Å². The smallest absolute Gasteiger partial charge is 0.243 e. The Kier molecular flexibility index (Phi) is 4.36. The third-order valence-corrected chi connectivity index (χ3v) is 3.65. The van der Waals surface area contributed by atoms with E-state index in [1.54, 1.807) is 6.07 Å². The van der Waals surface area contributed by atoms with Crippen LogP contribution >= 0.6 is 0 Å². The van der Waals surface area contributed by atoms with Gasteiger partial charge in [0.25, 0.3) is 0 Å². The maximum Gasteiger partial charge on any atom is 0.243 e. The predicted octanol–water partition coefficient (Wildman–Crippen LogP) is -0.505. The molecule has 0 aliphatic rings. The second kappa shape index (κ2) is 5.57. The molecule has 96 valence electrons. The lowest BCUT2D eigenvalue weighted by molar-refractivity contribution is -0.118. The van der Waals surface area contributed by atoms with E-state index in [-0.39, 0.29) is 17.0 Å². The van der Waals surface area contributed by atoms with Crippen LogP contribution in [-0.4, -0.2) is 25.4 Å². The van der Waals surface area contributed by atoms with Gasteiger partial charge < -0.3 is 5.73 Å². The largest absolute Gasteiger partial charge is 0.370 e. The highest BCUT2D eigenvalue weighted by molar-refractivity contribution is 7.89. The normalized spacial score (nSPS) is 12.7. The second-order valence-electron chi connectivity index (χ2n) is 3.65. The van der Waals surface area contributed by atoms with Crippen molar-refractivity contribution in [1.82, 2.24) is 9.71 Å². The molecule has 0 aromatic carbocycles. The van der Waals surface area contributed by atoms with Crippen LogP contribution in [0.1, 0.15) is 19.0 Å².